The average molecular weight is 394 g/mol. The lowest BCUT2D eigenvalue weighted by Crippen LogP contribution is -2.49. The zero-order valence-electron chi connectivity index (χ0n) is 15.8. The number of rotatable bonds is 6. The smallest absolute Gasteiger partial charge is 0.223 e. The minimum atomic E-state index is 0. The molecule has 0 spiro atoms. The van der Waals surface area contributed by atoms with Crippen LogP contribution in [0.2, 0.25) is 0 Å². The third-order valence-corrected chi connectivity index (χ3v) is 5.18. The van der Waals surface area contributed by atoms with Crippen LogP contribution in [-0.2, 0) is 13.2 Å². The number of ether oxygens (including phenoxy) is 1. The minimum Gasteiger partial charge on any atom is -0.485 e. The van der Waals surface area contributed by atoms with Gasteiger partial charge in [0.2, 0.25) is 11.7 Å². The Kier molecular flexibility index (Phi) is 7.07. The molecular formula is C19H28ClN5O2. The van der Waals surface area contributed by atoms with E-state index in [4.69, 9.17) is 9.26 Å². The highest BCUT2D eigenvalue weighted by Gasteiger charge is 2.28. The maximum atomic E-state index is 5.72. The molecule has 2 aliphatic rings. The van der Waals surface area contributed by atoms with Gasteiger partial charge in [0.25, 0.3) is 0 Å². The van der Waals surface area contributed by atoms with Crippen molar-refractivity contribution in [3.8, 4) is 5.75 Å². The number of halogens is 1. The van der Waals surface area contributed by atoms with Crippen LogP contribution in [0.3, 0.4) is 0 Å². The molecule has 2 aliphatic heterocycles. The summed E-state index contributed by atoms with van der Waals surface area (Å²) in [6, 6.07) is 9.06. The van der Waals surface area contributed by atoms with Crippen LogP contribution in [0.5, 0.6) is 5.75 Å². The van der Waals surface area contributed by atoms with Gasteiger partial charge in [-0.15, -0.1) is 12.4 Å². The minimum absolute atomic E-state index is 0. The summed E-state index contributed by atoms with van der Waals surface area (Å²) in [5.74, 6) is 1.96. The molecule has 1 unspecified atom stereocenters. The Labute approximate surface area is 166 Å². The van der Waals surface area contributed by atoms with Gasteiger partial charge >= 0.3 is 0 Å². The van der Waals surface area contributed by atoms with Gasteiger partial charge in [-0.3, -0.25) is 9.80 Å². The summed E-state index contributed by atoms with van der Waals surface area (Å²) < 4.78 is 10.7. The lowest BCUT2D eigenvalue weighted by molar-refractivity contribution is 0.170. The topological polar surface area (TPSA) is 66.7 Å². The van der Waals surface area contributed by atoms with Crippen molar-refractivity contribution in [2.45, 2.75) is 32.5 Å². The third kappa shape index (κ3) is 5.42. The monoisotopic (exact) mass is 393 g/mol. The zero-order valence-corrected chi connectivity index (χ0v) is 16.6. The quantitative estimate of drug-likeness (QED) is 0.803. The van der Waals surface area contributed by atoms with Gasteiger partial charge in [0, 0.05) is 58.8 Å². The van der Waals surface area contributed by atoms with Crippen LogP contribution >= 0.6 is 12.4 Å². The van der Waals surface area contributed by atoms with Crippen LogP contribution in [0.1, 0.15) is 23.7 Å². The van der Waals surface area contributed by atoms with E-state index in [0.29, 0.717) is 18.3 Å². The molecule has 4 rings (SSSR count). The fourth-order valence-electron chi connectivity index (χ4n) is 3.80. The summed E-state index contributed by atoms with van der Waals surface area (Å²) in [6.07, 6.45) is 1.28. The molecule has 2 fully saturated rings. The molecule has 1 aromatic carbocycles. The fraction of sp³-hybridized carbons (Fsp3) is 0.579. The van der Waals surface area contributed by atoms with Gasteiger partial charge in [-0.05, 0) is 24.1 Å². The first-order valence-corrected chi connectivity index (χ1v) is 9.44. The summed E-state index contributed by atoms with van der Waals surface area (Å²) >= 11 is 0. The molecule has 0 radical (unpaired) electrons. The van der Waals surface area contributed by atoms with Crippen LogP contribution in [0.15, 0.2) is 28.8 Å². The first-order chi connectivity index (χ1) is 12.8. The number of benzene rings is 1. The molecule has 1 atom stereocenters. The first-order valence-electron chi connectivity index (χ1n) is 9.44. The molecule has 148 valence electrons. The van der Waals surface area contributed by atoms with E-state index < -0.39 is 0 Å². The number of hydrogen-bond donors (Lipinski definition) is 1. The molecule has 2 aromatic rings. The lowest BCUT2D eigenvalue weighted by atomic mass is 10.2. The molecule has 7 nitrogen and oxygen atoms in total. The van der Waals surface area contributed by atoms with E-state index in [1.54, 1.807) is 6.92 Å². The van der Waals surface area contributed by atoms with Gasteiger partial charge < -0.3 is 14.6 Å². The molecule has 0 bridgehead atoms. The van der Waals surface area contributed by atoms with Gasteiger partial charge in [0.15, 0.2) is 6.61 Å². The highest BCUT2D eigenvalue weighted by molar-refractivity contribution is 5.85. The number of aromatic nitrogens is 2. The number of likely N-dealkylation sites (tertiary alicyclic amines) is 1. The van der Waals surface area contributed by atoms with Crippen molar-refractivity contribution in [2.24, 2.45) is 0 Å². The molecule has 27 heavy (non-hydrogen) atoms. The molecule has 8 heteroatoms. The van der Waals surface area contributed by atoms with Crippen molar-refractivity contribution in [1.29, 1.82) is 0 Å². The standard InChI is InChI=1S/C19H27N5O2.ClH/c1-15-21-19(22-26-15)14-25-18-4-2-16(3-5-18)12-23-9-6-17(13-23)24-10-7-20-8-11-24;/h2-5,17,20H,6-14H2,1H3;1H. The second kappa shape index (κ2) is 9.50. The summed E-state index contributed by atoms with van der Waals surface area (Å²) in [7, 11) is 0. The maximum absolute atomic E-state index is 5.72. The Morgan fingerprint density at radius 2 is 1.96 bits per heavy atom. The first kappa shape index (κ1) is 20.1. The maximum Gasteiger partial charge on any atom is 0.223 e. The predicted octanol–water partition coefficient (Wildman–Crippen LogP) is 1.86. The number of aryl methyl sites for hydroxylation is 1. The molecule has 0 saturated carbocycles. The Morgan fingerprint density at radius 1 is 1.19 bits per heavy atom. The van der Waals surface area contributed by atoms with Crippen LogP contribution in [0.25, 0.3) is 0 Å². The van der Waals surface area contributed by atoms with Crippen molar-refractivity contribution in [2.75, 3.05) is 39.3 Å². The Hall–Kier alpha value is -1.67. The van der Waals surface area contributed by atoms with Gasteiger partial charge in [-0.25, -0.2) is 0 Å². The number of nitrogens with one attached hydrogen (secondary N) is 1. The molecular weight excluding hydrogens is 366 g/mol. The van der Waals surface area contributed by atoms with E-state index in [9.17, 15) is 0 Å². The second-order valence-electron chi connectivity index (χ2n) is 7.13. The normalized spacial score (nSPS) is 21.1. The van der Waals surface area contributed by atoms with E-state index in [-0.39, 0.29) is 12.4 Å². The fourth-order valence-corrected chi connectivity index (χ4v) is 3.80. The average Bonchev–Trinajstić information content (AvgIpc) is 3.31. The van der Waals surface area contributed by atoms with Gasteiger partial charge in [-0.2, -0.15) is 4.98 Å². The Morgan fingerprint density at radius 3 is 2.67 bits per heavy atom. The summed E-state index contributed by atoms with van der Waals surface area (Å²) in [5, 5.41) is 7.27. The highest BCUT2D eigenvalue weighted by atomic mass is 35.5. The number of hydrogen-bond acceptors (Lipinski definition) is 7. The number of nitrogens with zero attached hydrogens (tertiary/aromatic N) is 4. The van der Waals surface area contributed by atoms with Gasteiger partial charge in [0.05, 0.1) is 0 Å². The summed E-state index contributed by atoms with van der Waals surface area (Å²) in [5.41, 5.74) is 1.33. The molecule has 1 aromatic heterocycles. The van der Waals surface area contributed by atoms with E-state index in [0.717, 1.165) is 31.4 Å². The molecule has 0 aliphatic carbocycles. The van der Waals surface area contributed by atoms with E-state index in [1.165, 1.54) is 38.2 Å². The summed E-state index contributed by atoms with van der Waals surface area (Å²) in [6.45, 7) is 10.1. The largest absolute Gasteiger partial charge is 0.485 e. The SMILES string of the molecule is Cc1nc(COc2ccc(CN3CCC(N4CCNCC4)C3)cc2)no1.Cl. The Balaban J connectivity index is 0.00000210. The van der Waals surface area contributed by atoms with Crippen molar-refractivity contribution in [1.82, 2.24) is 25.3 Å². The number of piperazine rings is 1. The van der Waals surface area contributed by atoms with Crippen molar-refractivity contribution >= 4 is 12.4 Å². The van der Waals surface area contributed by atoms with Crippen LogP contribution in [-0.4, -0.2) is 65.3 Å². The van der Waals surface area contributed by atoms with E-state index in [1.807, 2.05) is 12.1 Å². The predicted molar refractivity (Wildman–Crippen MR) is 105 cm³/mol. The third-order valence-electron chi connectivity index (χ3n) is 5.18. The molecule has 3 heterocycles. The van der Waals surface area contributed by atoms with Crippen LogP contribution in [0, 0.1) is 6.92 Å². The van der Waals surface area contributed by atoms with Crippen molar-refractivity contribution in [3.05, 3.63) is 41.5 Å². The molecule has 2 saturated heterocycles. The molecule has 0 amide bonds. The Bertz CT molecular complexity index is 702. The van der Waals surface area contributed by atoms with Crippen LogP contribution < -0.4 is 10.1 Å². The van der Waals surface area contributed by atoms with Crippen molar-refractivity contribution < 1.29 is 9.26 Å². The van der Waals surface area contributed by atoms with Gasteiger partial charge in [0.1, 0.15) is 5.75 Å². The zero-order chi connectivity index (χ0) is 17.8. The lowest BCUT2D eigenvalue weighted by Gasteiger charge is -2.32. The second-order valence-corrected chi connectivity index (χ2v) is 7.13. The van der Waals surface area contributed by atoms with Crippen LogP contribution in [0.4, 0.5) is 0 Å². The van der Waals surface area contributed by atoms with Gasteiger partial charge in [-0.1, -0.05) is 17.3 Å². The van der Waals surface area contributed by atoms with E-state index >= 15 is 0 Å². The summed E-state index contributed by atoms with van der Waals surface area (Å²) in [4.78, 5) is 9.35. The molecule has 1 N–H and O–H groups in total. The highest BCUT2D eigenvalue weighted by Crippen LogP contribution is 2.20. The van der Waals surface area contributed by atoms with E-state index in [2.05, 4.69) is 37.4 Å². The van der Waals surface area contributed by atoms with Crippen molar-refractivity contribution in [3.63, 3.8) is 0 Å².